The summed E-state index contributed by atoms with van der Waals surface area (Å²) in [4.78, 5) is 31.2. The molecule has 2 aliphatic heterocycles. The van der Waals surface area contributed by atoms with Crippen molar-refractivity contribution in [1.82, 2.24) is 14.7 Å². The van der Waals surface area contributed by atoms with Gasteiger partial charge in [-0.2, -0.15) is 0 Å². The second-order valence-corrected chi connectivity index (χ2v) is 8.43. The van der Waals surface area contributed by atoms with E-state index in [1.54, 1.807) is 0 Å². The van der Waals surface area contributed by atoms with E-state index in [4.69, 9.17) is 0 Å². The maximum atomic E-state index is 12.5. The number of carbonyl (C=O) groups excluding carboxylic acids is 2. The van der Waals surface area contributed by atoms with E-state index < -0.39 is 0 Å². The molecule has 2 amide bonds. The summed E-state index contributed by atoms with van der Waals surface area (Å²) in [6, 6.07) is 0. The number of hydrogen-bond donors (Lipinski definition) is 0. The van der Waals surface area contributed by atoms with Crippen LogP contribution in [0.25, 0.3) is 0 Å². The van der Waals surface area contributed by atoms with Crippen LogP contribution in [0.5, 0.6) is 0 Å². The van der Waals surface area contributed by atoms with Crippen LogP contribution in [-0.4, -0.2) is 72.3 Å². The van der Waals surface area contributed by atoms with Gasteiger partial charge in [0.1, 0.15) is 0 Å². The van der Waals surface area contributed by atoms with Crippen molar-refractivity contribution in [3.05, 3.63) is 0 Å². The molecule has 1 aliphatic carbocycles. The van der Waals surface area contributed by atoms with Gasteiger partial charge >= 0.3 is 0 Å². The molecule has 0 spiro atoms. The predicted molar refractivity (Wildman–Crippen MR) is 99.2 cm³/mol. The Balaban J connectivity index is 1.35. The fraction of sp³-hybridized carbons (Fsp3) is 0.900. The normalized spacial score (nSPS) is 26.2. The summed E-state index contributed by atoms with van der Waals surface area (Å²) in [5.41, 5.74) is 0. The number of rotatable bonds is 5. The van der Waals surface area contributed by atoms with Crippen molar-refractivity contribution in [3.8, 4) is 0 Å². The lowest BCUT2D eigenvalue weighted by molar-refractivity contribution is -0.136. The Morgan fingerprint density at radius 3 is 2.24 bits per heavy atom. The molecule has 142 valence electrons. The van der Waals surface area contributed by atoms with Crippen LogP contribution in [0.1, 0.15) is 58.3 Å². The van der Waals surface area contributed by atoms with Gasteiger partial charge in [-0.15, -0.1) is 0 Å². The third-order valence-corrected chi connectivity index (χ3v) is 6.33. The van der Waals surface area contributed by atoms with Crippen molar-refractivity contribution in [3.63, 3.8) is 0 Å². The number of carbonyl (C=O) groups is 2. The molecule has 0 aromatic heterocycles. The van der Waals surface area contributed by atoms with Crippen LogP contribution in [0.4, 0.5) is 0 Å². The Labute approximate surface area is 152 Å². The topological polar surface area (TPSA) is 43.9 Å². The molecule has 3 rings (SSSR count). The van der Waals surface area contributed by atoms with Crippen LogP contribution in [-0.2, 0) is 9.59 Å². The zero-order valence-electron chi connectivity index (χ0n) is 15.9. The van der Waals surface area contributed by atoms with Gasteiger partial charge in [0.15, 0.2) is 0 Å². The second-order valence-electron chi connectivity index (χ2n) is 8.43. The van der Waals surface area contributed by atoms with Gasteiger partial charge < -0.3 is 9.80 Å². The first-order chi connectivity index (χ1) is 12.1. The first-order valence-electron chi connectivity index (χ1n) is 10.4. The molecule has 0 bridgehead atoms. The lowest BCUT2D eigenvalue weighted by Gasteiger charge is -2.37. The minimum Gasteiger partial charge on any atom is -0.341 e. The molecule has 1 saturated carbocycles. The van der Waals surface area contributed by atoms with Crippen molar-refractivity contribution in [2.75, 3.05) is 45.8 Å². The van der Waals surface area contributed by atoms with Crippen molar-refractivity contribution in [2.24, 2.45) is 11.8 Å². The highest BCUT2D eigenvalue weighted by atomic mass is 16.2. The van der Waals surface area contributed by atoms with E-state index in [0.717, 1.165) is 64.4 Å². The van der Waals surface area contributed by atoms with Gasteiger partial charge in [0, 0.05) is 45.7 Å². The van der Waals surface area contributed by atoms with Gasteiger partial charge in [-0.3, -0.25) is 14.5 Å². The van der Waals surface area contributed by atoms with Gasteiger partial charge in [0.25, 0.3) is 0 Å². The second kappa shape index (κ2) is 9.02. The average Bonchev–Trinajstić information content (AvgIpc) is 3.14. The molecule has 25 heavy (non-hydrogen) atoms. The van der Waals surface area contributed by atoms with Crippen LogP contribution in [0.3, 0.4) is 0 Å². The zero-order valence-corrected chi connectivity index (χ0v) is 15.9. The highest BCUT2D eigenvalue weighted by Crippen LogP contribution is 2.28. The maximum absolute atomic E-state index is 12.5. The minimum absolute atomic E-state index is 0.271. The van der Waals surface area contributed by atoms with Crippen LogP contribution in [0.15, 0.2) is 0 Å². The Bertz CT molecular complexity index is 454. The van der Waals surface area contributed by atoms with Gasteiger partial charge in [-0.25, -0.2) is 0 Å². The van der Waals surface area contributed by atoms with Crippen LogP contribution in [0, 0.1) is 11.8 Å². The Morgan fingerprint density at radius 2 is 1.56 bits per heavy atom. The highest BCUT2D eigenvalue weighted by Gasteiger charge is 2.26. The summed E-state index contributed by atoms with van der Waals surface area (Å²) in [6.45, 7) is 7.84. The number of piperazine rings is 1. The standard InChI is InChI=1S/C20H35N3O2/c1-17-5-4-10-23(15-17)20(25)16-21-11-13-22(14-12-21)19(24)9-8-18-6-2-3-7-18/h17-18H,2-16H2,1H3. The zero-order chi connectivity index (χ0) is 17.6. The molecular weight excluding hydrogens is 314 g/mol. The summed E-state index contributed by atoms with van der Waals surface area (Å²) < 4.78 is 0. The first-order valence-corrected chi connectivity index (χ1v) is 10.4. The lowest BCUT2D eigenvalue weighted by atomic mass is 10.0. The number of amides is 2. The largest absolute Gasteiger partial charge is 0.341 e. The smallest absolute Gasteiger partial charge is 0.236 e. The SMILES string of the molecule is CC1CCCN(C(=O)CN2CCN(C(=O)CCC3CCCC3)CC2)C1. The number of nitrogens with zero attached hydrogens (tertiary/aromatic N) is 3. The van der Waals surface area contributed by atoms with Gasteiger partial charge in [0.05, 0.1) is 6.54 Å². The fourth-order valence-electron chi connectivity index (χ4n) is 4.65. The quantitative estimate of drug-likeness (QED) is 0.765. The third kappa shape index (κ3) is 5.44. The van der Waals surface area contributed by atoms with Gasteiger partial charge in [0.2, 0.25) is 11.8 Å². The van der Waals surface area contributed by atoms with E-state index in [9.17, 15) is 9.59 Å². The molecule has 0 aromatic rings. The van der Waals surface area contributed by atoms with Gasteiger partial charge in [-0.05, 0) is 31.1 Å². The molecule has 1 unspecified atom stereocenters. The summed E-state index contributed by atoms with van der Waals surface area (Å²) >= 11 is 0. The third-order valence-electron chi connectivity index (χ3n) is 6.33. The summed E-state index contributed by atoms with van der Waals surface area (Å²) in [7, 11) is 0. The highest BCUT2D eigenvalue weighted by molar-refractivity contribution is 5.78. The molecule has 1 atom stereocenters. The predicted octanol–water partition coefficient (Wildman–Crippen LogP) is 2.36. The van der Waals surface area contributed by atoms with Crippen LogP contribution >= 0.6 is 0 Å². The number of likely N-dealkylation sites (tertiary alicyclic amines) is 1. The summed E-state index contributed by atoms with van der Waals surface area (Å²) in [5.74, 6) is 2.01. The molecule has 2 heterocycles. The van der Waals surface area contributed by atoms with Crippen molar-refractivity contribution in [1.29, 1.82) is 0 Å². The van der Waals surface area contributed by atoms with E-state index in [2.05, 4.69) is 11.8 Å². The monoisotopic (exact) mass is 349 g/mol. The molecule has 0 radical (unpaired) electrons. The van der Waals surface area contributed by atoms with Crippen LogP contribution in [0.2, 0.25) is 0 Å². The van der Waals surface area contributed by atoms with Crippen LogP contribution < -0.4 is 0 Å². The first kappa shape index (κ1) is 18.7. The van der Waals surface area contributed by atoms with E-state index in [1.807, 2.05) is 9.80 Å². The molecule has 3 aliphatic rings. The molecule has 3 fully saturated rings. The van der Waals surface area contributed by atoms with Crippen molar-refractivity contribution in [2.45, 2.75) is 58.3 Å². The lowest BCUT2D eigenvalue weighted by Crippen LogP contribution is -2.52. The molecule has 5 nitrogen and oxygen atoms in total. The minimum atomic E-state index is 0.271. The molecule has 5 heteroatoms. The van der Waals surface area contributed by atoms with E-state index >= 15 is 0 Å². The fourth-order valence-corrected chi connectivity index (χ4v) is 4.65. The van der Waals surface area contributed by atoms with E-state index in [-0.39, 0.29) is 5.91 Å². The summed E-state index contributed by atoms with van der Waals surface area (Å²) in [6.07, 6.45) is 9.50. The van der Waals surface area contributed by atoms with Gasteiger partial charge in [-0.1, -0.05) is 32.6 Å². The average molecular weight is 350 g/mol. The maximum Gasteiger partial charge on any atom is 0.236 e. The van der Waals surface area contributed by atoms with E-state index in [0.29, 0.717) is 18.4 Å². The van der Waals surface area contributed by atoms with Crippen molar-refractivity contribution < 1.29 is 9.59 Å². The Hall–Kier alpha value is -1.10. The molecule has 2 saturated heterocycles. The Morgan fingerprint density at radius 1 is 0.840 bits per heavy atom. The van der Waals surface area contributed by atoms with E-state index in [1.165, 1.54) is 32.1 Å². The Kier molecular flexibility index (Phi) is 6.74. The molecule has 0 N–H and O–H groups in total. The number of piperidine rings is 1. The summed E-state index contributed by atoms with van der Waals surface area (Å²) in [5, 5.41) is 0. The molecular formula is C20H35N3O2. The molecule has 0 aromatic carbocycles. The van der Waals surface area contributed by atoms with Crippen molar-refractivity contribution >= 4 is 11.8 Å². The number of hydrogen-bond acceptors (Lipinski definition) is 3.